The third-order valence-corrected chi connectivity index (χ3v) is 12.0. The standard InChI is InChI=1S/C47H29NS/c1-2-15-37-32(11-1)39(28-45-46(37)38-16-6-10-20-44(38)49-45)29-21-23-30(24-22-29)48-31-25-26-36-35-14-5-9-19-42(35)47(43(36)27-31)40-17-7-3-12-33(40)34-13-4-8-18-41(34)47/h1-28,48H. The van der Waals surface area contributed by atoms with E-state index in [9.17, 15) is 0 Å². The lowest BCUT2D eigenvalue weighted by Gasteiger charge is -2.30. The zero-order valence-electron chi connectivity index (χ0n) is 26.6. The lowest BCUT2D eigenvalue weighted by molar-refractivity contribution is 0.794. The number of thiophene rings is 1. The SMILES string of the molecule is c1ccc2c(c1)-c1ccccc1C21c2ccccc2-c2ccc(Nc3ccc(-c4cc5sc6ccccc6c5c5ccccc45)cc3)cc21. The Labute approximate surface area is 288 Å². The average molecular weight is 640 g/mol. The number of anilines is 2. The van der Waals surface area contributed by atoms with Gasteiger partial charge in [0.2, 0.25) is 0 Å². The molecule has 49 heavy (non-hydrogen) atoms. The highest BCUT2D eigenvalue weighted by Crippen LogP contribution is 2.63. The summed E-state index contributed by atoms with van der Waals surface area (Å²) in [5.74, 6) is 0. The van der Waals surface area contributed by atoms with Gasteiger partial charge in [-0.15, -0.1) is 11.3 Å². The van der Waals surface area contributed by atoms with E-state index >= 15 is 0 Å². The predicted octanol–water partition coefficient (Wildman–Crippen LogP) is 13.0. The molecule has 2 aliphatic carbocycles. The van der Waals surface area contributed by atoms with Gasteiger partial charge in [-0.3, -0.25) is 0 Å². The fourth-order valence-electron chi connectivity index (χ4n) is 8.90. The van der Waals surface area contributed by atoms with Crippen LogP contribution in [0.5, 0.6) is 0 Å². The van der Waals surface area contributed by atoms with Gasteiger partial charge in [0.05, 0.1) is 5.41 Å². The van der Waals surface area contributed by atoms with Crippen LogP contribution in [-0.4, -0.2) is 0 Å². The first-order valence-corrected chi connectivity index (χ1v) is 17.7. The number of rotatable bonds is 3. The van der Waals surface area contributed by atoms with Crippen molar-refractivity contribution < 1.29 is 0 Å². The van der Waals surface area contributed by atoms with Crippen molar-refractivity contribution in [3.8, 4) is 33.4 Å². The Kier molecular flexibility index (Phi) is 5.53. The van der Waals surface area contributed by atoms with Crippen molar-refractivity contribution in [2.75, 3.05) is 5.32 Å². The van der Waals surface area contributed by atoms with Gasteiger partial charge in [-0.05, 0) is 103 Å². The summed E-state index contributed by atoms with van der Waals surface area (Å²) in [6.07, 6.45) is 0. The molecule has 9 aromatic rings. The van der Waals surface area contributed by atoms with Crippen molar-refractivity contribution in [3.63, 3.8) is 0 Å². The van der Waals surface area contributed by atoms with Crippen LogP contribution in [0.3, 0.4) is 0 Å². The van der Waals surface area contributed by atoms with Gasteiger partial charge in [0.25, 0.3) is 0 Å². The first-order valence-electron chi connectivity index (χ1n) is 16.9. The molecule has 0 bridgehead atoms. The summed E-state index contributed by atoms with van der Waals surface area (Å²) >= 11 is 1.88. The van der Waals surface area contributed by atoms with E-state index < -0.39 is 0 Å². The van der Waals surface area contributed by atoms with E-state index in [1.165, 1.54) is 86.6 Å². The molecular weight excluding hydrogens is 611 g/mol. The van der Waals surface area contributed by atoms with Crippen LogP contribution in [0, 0.1) is 0 Å². The number of nitrogens with one attached hydrogen (secondary N) is 1. The van der Waals surface area contributed by atoms with Crippen molar-refractivity contribution in [1.29, 1.82) is 0 Å². The molecule has 8 aromatic carbocycles. The molecule has 1 N–H and O–H groups in total. The van der Waals surface area contributed by atoms with Crippen LogP contribution in [0.1, 0.15) is 22.3 Å². The monoisotopic (exact) mass is 639 g/mol. The molecule has 1 heterocycles. The van der Waals surface area contributed by atoms with Crippen molar-refractivity contribution in [1.82, 2.24) is 0 Å². The van der Waals surface area contributed by atoms with Crippen LogP contribution in [-0.2, 0) is 5.41 Å². The Balaban J connectivity index is 1.02. The van der Waals surface area contributed by atoms with E-state index in [0.29, 0.717) is 0 Å². The molecule has 228 valence electrons. The zero-order chi connectivity index (χ0) is 32.1. The fourth-order valence-corrected chi connectivity index (χ4v) is 10.1. The molecule has 0 saturated heterocycles. The van der Waals surface area contributed by atoms with E-state index in [1.54, 1.807) is 0 Å². The van der Waals surface area contributed by atoms with E-state index in [-0.39, 0.29) is 5.41 Å². The number of benzene rings is 8. The average Bonchev–Trinajstić information content (AvgIpc) is 3.79. The fraction of sp³-hybridized carbons (Fsp3) is 0.0213. The Bertz CT molecular complexity index is 2740. The minimum Gasteiger partial charge on any atom is -0.356 e. The van der Waals surface area contributed by atoms with Crippen LogP contribution in [0.2, 0.25) is 0 Å². The van der Waals surface area contributed by atoms with Gasteiger partial charge >= 0.3 is 0 Å². The van der Waals surface area contributed by atoms with Crippen molar-refractivity contribution >= 4 is 53.7 Å². The quantitative estimate of drug-likeness (QED) is 0.203. The Hall–Kier alpha value is -5.96. The predicted molar refractivity (Wildman–Crippen MR) is 208 cm³/mol. The number of fused-ring (bicyclic) bond motifs is 15. The van der Waals surface area contributed by atoms with Crippen LogP contribution >= 0.6 is 11.3 Å². The van der Waals surface area contributed by atoms with Crippen molar-refractivity contribution in [2.24, 2.45) is 0 Å². The lowest BCUT2D eigenvalue weighted by atomic mass is 9.70. The Morgan fingerprint density at radius 3 is 1.57 bits per heavy atom. The molecule has 1 spiro atoms. The summed E-state index contributed by atoms with van der Waals surface area (Å²) in [6.45, 7) is 0. The molecule has 0 amide bonds. The third-order valence-electron chi connectivity index (χ3n) is 10.9. The first-order chi connectivity index (χ1) is 24.3. The largest absolute Gasteiger partial charge is 0.356 e. The molecule has 2 heteroatoms. The normalized spacial score (nSPS) is 13.5. The molecule has 0 radical (unpaired) electrons. The van der Waals surface area contributed by atoms with E-state index in [0.717, 1.165) is 11.4 Å². The summed E-state index contributed by atoms with van der Waals surface area (Å²) in [7, 11) is 0. The van der Waals surface area contributed by atoms with E-state index in [1.807, 2.05) is 11.3 Å². The molecule has 1 nitrogen and oxygen atoms in total. The smallest absolute Gasteiger partial charge is 0.0726 e. The molecule has 2 aliphatic rings. The zero-order valence-corrected chi connectivity index (χ0v) is 27.4. The third kappa shape index (κ3) is 3.64. The first kappa shape index (κ1) is 27.0. The molecular formula is C47H29NS. The maximum Gasteiger partial charge on any atom is 0.0726 e. The summed E-state index contributed by atoms with van der Waals surface area (Å²) in [6, 6.07) is 62.9. The maximum atomic E-state index is 3.78. The number of hydrogen-bond donors (Lipinski definition) is 1. The minimum absolute atomic E-state index is 0.340. The van der Waals surface area contributed by atoms with Crippen LogP contribution in [0.25, 0.3) is 64.3 Å². The molecule has 0 fully saturated rings. The highest BCUT2D eigenvalue weighted by Gasteiger charge is 2.51. The van der Waals surface area contributed by atoms with Crippen LogP contribution in [0.4, 0.5) is 11.4 Å². The second-order valence-electron chi connectivity index (χ2n) is 13.3. The van der Waals surface area contributed by atoms with Gasteiger partial charge in [-0.1, -0.05) is 133 Å². The lowest BCUT2D eigenvalue weighted by Crippen LogP contribution is -2.25. The van der Waals surface area contributed by atoms with Gasteiger partial charge in [0.1, 0.15) is 0 Å². The van der Waals surface area contributed by atoms with Gasteiger partial charge in [0, 0.05) is 31.5 Å². The summed E-state index contributed by atoms with van der Waals surface area (Å²) < 4.78 is 2.67. The highest BCUT2D eigenvalue weighted by molar-refractivity contribution is 7.26. The van der Waals surface area contributed by atoms with Gasteiger partial charge < -0.3 is 5.32 Å². The molecule has 0 unspecified atom stereocenters. The minimum atomic E-state index is -0.340. The molecule has 11 rings (SSSR count). The van der Waals surface area contributed by atoms with Gasteiger partial charge in [-0.2, -0.15) is 0 Å². The summed E-state index contributed by atoms with van der Waals surface area (Å²) in [4.78, 5) is 0. The maximum absolute atomic E-state index is 3.78. The molecule has 0 saturated carbocycles. The van der Waals surface area contributed by atoms with Crippen LogP contribution in [0.15, 0.2) is 170 Å². The molecule has 0 atom stereocenters. The molecule has 0 aliphatic heterocycles. The van der Waals surface area contributed by atoms with Crippen LogP contribution < -0.4 is 5.32 Å². The van der Waals surface area contributed by atoms with Gasteiger partial charge in [-0.25, -0.2) is 0 Å². The topological polar surface area (TPSA) is 12.0 Å². The Morgan fingerprint density at radius 1 is 0.367 bits per heavy atom. The highest BCUT2D eigenvalue weighted by atomic mass is 32.1. The molecule has 1 aromatic heterocycles. The number of hydrogen-bond acceptors (Lipinski definition) is 2. The van der Waals surface area contributed by atoms with Crippen molar-refractivity contribution in [2.45, 2.75) is 5.41 Å². The summed E-state index contributed by atoms with van der Waals surface area (Å²) in [5, 5.41) is 9.09. The second-order valence-corrected chi connectivity index (χ2v) is 14.4. The Morgan fingerprint density at radius 2 is 0.898 bits per heavy atom. The van der Waals surface area contributed by atoms with E-state index in [4.69, 9.17) is 0 Å². The van der Waals surface area contributed by atoms with E-state index in [2.05, 4.69) is 175 Å². The van der Waals surface area contributed by atoms with Crippen molar-refractivity contribution in [3.05, 3.63) is 192 Å². The summed E-state index contributed by atoms with van der Waals surface area (Å²) in [5.41, 5.74) is 15.1. The second kappa shape index (κ2) is 10.0. The van der Waals surface area contributed by atoms with Gasteiger partial charge in [0.15, 0.2) is 0 Å².